The molecule has 2 heterocycles. The molecule has 4 rings (SSSR count). The molecule has 0 saturated carbocycles. The Balaban J connectivity index is 1.31. The standard InChI is InChI=1S/C23H22FN3O2/c24-20-5-9-22(10-6-20)29-21-7-3-19(4-8-21)23(28)27-14-12-26(13-15-27)17-18-2-1-11-25-16-18/h1-11,16H,12-15,17H2. The van der Waals surface area contributed by atoms with Gasteiger partial charge in [-0.3, -0.25) is 14.7 Å². The zero-order valence-corrected chi connectivity index (χ0v) is 16.0. The van der Waals surface area contributed by atoms with Gasteiger partial charge in [-0.15, -0.1) is 0 Å². The quantitative estimate of drug-likeness (QED) is 0.660. The van der Waals surface area contributed by atoms with Gasteiger partial charge in [0.2, 0.25) is 0 Å². The van der Waals surface area contributed by atoms with Crippen LogP contribution >= 0.6 is 0 Å². The Labute approximate surface area is 169 Å². The Hall–Kier alpha value is -3.25. The first-order chi connectivity index (χ1) is 14.2. The van der Waals surface area contributed by atoms with Gasteiger partial charge in [-0.2, -0.15) is 0 Å². The fraction of sp³-hybridized carbons (Fsp3) is 0.217. The molecule has 1 fully saturated rings. The van der Waals surface area contributed by atoms with Crippen LogP contribution in [-0.4, -0.2) is 46.9 Å². The van der Waals surface area contributed by atoms with E-state index in [9.17, 15) is 9.18 Å². The highest BCUT2D eigenvalue weighted by Crippen LogP contribution is 2.22. The summed E-state index contributed by atoms with van der Waals surface area (Å²) in [5.41, 5.74) is 1.82. The SMILES string of the molecule is O=C(c1ccc(Oc2ccc(F)cc2)cc1)N1CCN(Cc2cccnc2)CC1. The van der Waals surface area contributed by atoms with Gasteiger partial charge in [0.15, 0.2) is 0 Å². The summed E-state index contributed by atoms with van der Waals surface area (Å²) in [5, 5.41) is 0. The Morgan fingerprint density at radius 3 is 2.21 bits per heavy atom. The number of carbonyl (C=O) groups excluding carboxylic acids is 1. The minimum atomic E-state index is -0.307. The Morgan fingerprint density at radius 1 is 0.931 bits per heavy atom. The number of amides is 1. The van der Waals surface area contributed by atoms with E-state index in [4.69, 9.17) is 4.74 Å². The molecule has 3 aromatic rings. The molecule has 148 valence electrons. The van der Waals surface area contributed by atoms with Crippen LogP contribution in [0.5, 0.6) is 11.5 Å². The summed E-state index contributed by atoms with van der Waals surface area (Å²) in [7, 11) is 0. The monoisotopic (exact) mass is 391 g/mol. The average molecular weight is 391 g/mol. The van der Waals surface area contributed by atoms with Crippen molar-refractivity contribution in [3.8, 4) is 11.5 Å². The average Bonchev–Trinajstić information content (AvgIpc) is 2.77. The van der Waals surface area contributed by atoms with E-state index < -0.39 is 0 Å². The highest BCUT2D eigenvalue weighted by atomic mass is 19.1. The van der Waals surface area contributed by atoms with Crippen molar-refractivity contribution < 1.29 is 13.9 Å². The second kappa shape index (κ2) is 8.84. The van der Waals surface area contributed by atoms with Crippen LogP contribution in [0.2, 0.25) is 0 Å². The molecule has 1 aliphatic rings. The van der Waals surface area contributed by atoms with Crippen molar-refractivity contribution in [3.05, 3.63) is 90.0 Å². The van der Waals surface area contributed by atoms with Gasteiger partial charge in [-0.1, -0.05) is 6.07 Å². The van der Waals surface area contributed by atoms with Gasteiger partial charge >= 0.3 is 0 Å². The normalized spacial score (nSPS) is 14.6. The third-order valence-corrected chi connectivity index (χ3v) is 4.94. The minimum Gasteiger partial charge on any atom is -0.457 e. The maximum atomic E-state index is 13.0. The first-order valence-corrected chi connectivity index (χ1v) is 9.61. The summed E-state index contributed by atoms with van der Waals surface area (Å²) in [6, 6.07) is 16.9. The number of benzene rings is 2. The zero-order chi connectivity index (χ0) is 20.1. The van der Waals surface area contributed by atoms with Crippen LogP contribution in [0.3, 0.4) is 0 Å². The number of aromatic nitrogens is 1. The second-order valence-corrected chi connectivity index (χ2v) is 7.01. The third-order valence-electron chi connectivity index (χ3n) is 4.94. The Morgan fingerprint density at radius 2 is 1.59 bits per heavy atom. The smallest absolute Gasteiger partial charge is 0.253 e. The molecule has 1 amide bonds. The lowest BCUT2D eigenvalue weighted by atomic mass is 10.1. The van der Waals surface area contributed by atoms with E-state index in [-0.39, 0.29) is 11.7 Å². The molecule has 0 spiro atoms. The number of hydrogen-bond acceptors (Lipinski definition) is 4. The van der Waals surface area contributed by atoms with Crippen LogP contribution in [0.4, 0.5) is 4.39 Å². The predicted molar refractivity (Wildman–Crippen MR) is 108 cm³/mol. The van der Waals surface area contributed by atoms with E-state index >= 15 is 0 Å². The molecule has 0 aliphatic carbocycles. The number of halogens is 1. The van der Waals surface area contributed by atoms with Crippen LogP contribution < -0.4 is 4.74 Å². The van der Waals surface area contributed by atoms with E-state index in [0.717, 1.165) is 19.6 Å². The Kier molecular flexibility index (Phi) is 5.81. The molecule has 2 aromatic carbocycles. The molecular formula is C23H22FN3O2. The lowest BCUT2D eigenvalue weighted by molar-refractivity contribution is 0.0628. The molecule has 1 aliphatic heterocycles. The third kappa shape index (κ3) is 4.97. The van der Waals surface area contributed by atoms with Crippen LogP contribution in [0.25, 0.3) is 0 Å². The molecule has 0 atom stereocenters. The van der Waals surface area contributed by atoms with Gasteiger partial charge in [0, 0.05) is 50.7 Å². The van der Waals surface area contributed by atoms with Crippen molar-refractivity contribution in [1.82, 2.24) is 14.8 Å². The van der Waals surface area contributed by atoms with Gasteiger partial charge in [0.05, 0.1) is 0 Å². The summed E-state index contributed by atoms with van der Waals surface area (Å²) in [4.78, 5) is 21.2. The topological polar surface area (TPSA) is 45.7 Å². The van der Waals surface area contributed by atoms with Crippen molar-refractivity contribution >= 4 is 5.91 Å². The molecule has 0 radical (unpaired) electrons. The van der Waals surface area contributed by atoms with E-state index in [0.29, 0.717) is 30.2 Å². The van der Waals surface area contributed by atoms with Crippen LogP contribution in [0, 0.1) is 5.82 Å². The summed E-state index contributed by atoms with van der Waals surface area (Å²) >= 11 is 0. The van der Waals surface area contributed by atoms with E-state index in [1.165, 1.54) is 17.7 Å². The van der Waals surface area contributed by atoms with E-state index in [1.807, 2.05) is 17.2 Å². The number of carbonyl (C=O) groups is 1. The molecule has 1 aromatic heterocycles. The molecule has 0 bridgehead atoms. The summed E-state index contributed by atoms with van der Waals surface area (Å²) in [6.45, 7) is 3.93. The molecule has 5 nitrogen and oxygen atoms in total. The molecule has 29 heavy (non-hydrogen) atoms. The number of ether oxygens (including phenoxy) is 1. The van der Waals surface area contributed by atoms with Crippen molar-refractivity contribution in [1.29, 1.82) is 0 Å². The fourth-order valence-corrected chi connectivity index (χ4v) is 3.35. The number of pyridine rings is 1. The summed E-state index contributed by atoms with van der Waals surface area (Å²) in [5.74, 6) is 0.878. The lowest BCUT2D eigenvalue weighted by Gasteiger charge is -2.34. The van der Waals surface area contributed by atoms with Crippen LogP contribution in [0.15, 0.2) is 73.1 Å². The van der Waals surface area contributed by atoms with Gasteiger partial charge < -0.3 is 9.64 Å². The van der Waals surface area contributed by atoms with Crippen molar-refractivity contribution in [3.63, 3.8) is 0 Å². The van der Waals surface area contributed by atoms with Gasteiger partial charge in [-0.25, -0.2) is 4.39 Å². The number of rotatable bonds is 5. The number of nitrogens with zero attached hydrogens (tertiary/aromatic N) is 3. The number of piperazine rings is 1. The minimum absolute atomic E-state index is 0.0272. The van der Waals surface area contributed by atoms with E-state index in [2.05, 4.69) is 16.0 Å². The van der Waals surface area contributed by atoms with Crippen molar-refractivity contribution in [2.24, 2.45) is 0 Å². The first-order valence-electron chi connectivity index (χ1n) is 9.61. The molecule has 0 unspecified atom stereocenters. The van der Waals surface area contributed by atoms with Crippen LogP contribution in [0.1, 0.15) is 15.9 Å². The maximum absolute atomic E-state index is 13.0. The highest BCUT2D eigenvalue weighted by molar-refractivity contribution is 5.94. The van der Waals surface area contributed by atoms with Crippen molar-refractivity contribution in [2.75, 3.05) is 26.2 Å². The largest absolute Gasteiger partial charge is 0.457 e. The van der Waals surface area contributed by atoms with Gasteiger partial charge in [-0.05, 0) is 60.2 Å². The lowest BCUT2D eigenvalue weighted by Crippen LogP contribution is -2.48. The predicted octanol–water partition coefficient (Wildman–Crippen LogP) is 3.97. The van der Waals surface area contributed by atoms with Crippen LogP contribution in [-0.2, 0) is 6.54 Å². The summed E-state index contributed by atoms with van der Waals surface area (Å²) < 4.78 is 18.7. The van der Waals surface area contributed by atoms with Gasteiger partial charge in [0.25, 0.3) is 5.91 Å². The zero-order valence-electron chi connectivity index (χ0n) is 16.0. The maximum Gasteiger partial charge on any atom is 0.253 e. The fourth-order valence-electron chi connectivity index (χ4n) is 3.35. The second-order valence-electron chi connectivity index (χ2n) is 7.01. The molecular weight excluding hydrogens is 369 g/mol. The molecule has 0 N–H and O–H groups in total. The van der Waals surface area contributed by atoms with Gasteiger partial charge in [0.1, 0.15) is 17.3 Å². The van der Waals surface area contributed by atoms with E-state index in [1.54, 1.807) is 42.6 Å². The highest BCUT2D eigenvalue weighted by Gasteiger charge is 2.22. The number of hydrogen-bond donors (Lipinski definition) is 0. The first kappa shape index (κ1) is 19.1. The summed E-state index contributed by atoms with van der Waals surface area (Å²) in [6.07, 6.45) is 3.66. The molecule has 1 saturated heterocycles. The molecule has 6 heteroatoms. The Bertz CT molecular complexity index is 938. The van der Waals surface area contributed by atoms with Crippen molar-refractivity contribution in [2.45, 2.75) is 6.54 Å².